The summed E-state index contributed by atoms with van der Waals surface area (Å²) in [6, 6.07) is 10.9. The Morgan fingerprint density at radius 2 is 1.95 bits per heavy atom. The summed E-state index contributed by atoms with van der Waals surface area (Å²) in [5.74, 6) is -0.283. The van der Waals surface area contributed by atoms with Gasteiger partial charge in [-0.1, -0.05) is 6.07 Å². The van der Waals surface area contributed by atoms with Crippen LogP contribution in [0.15, 0.2) is 34.8 Å². The third-order valence-electron chi connectivity index (χ3n) is 3.21. The second-order valence-electron chi connectivity index (χ2n) is 4.69. The third-order valence-corrected chi connectivity index (χ3v) is 3.82. The van der Waals surface area contributed by atoms with Gasteiger partial charge >= 0.3 is 0 Å². The van der Waals surface area contributed by atoms with E-state index in [9.17, 15) is 4.39 Å². The number of hydrogen-bond acceptors (Lipinski definition) is 2. The van der Waals surface area contributed by atoms with Crippen molar-refractivity contribution >= 4 is 21.6 Å². The number of hydrogen-bond donors (Lipinski definition) is 1. The summed E-state index contributed by atoms with van der Waals surface area (Å²) in [6.45, 7) is 4.49. The van der Waals surface area contributed by atoms with Gasteiger partial charge in [-0.2, -0.15) is 5.26 Å². The number of aryl methyl sites for hydroxylation is 2. The van der Waals surface area contributed by atoms with Gasteiger partial charge in [-0.25, -0.2) is 4.39 Å². The summed E-state index contributed by atoms with van der Waals surface area (Å²) in [4.78, 5) is 0. The number of nitrogens with zero attached hydrogens (tertiary/aromatic N) is 1. The van der Waals surface area contributed by atoms with Crippen LogP contribution in [-0.4, -0.2) is 0 Å². The number of nitriles is 1. The molecule has 0 saturated heterocycles. The lowest BCUT2D eigenvalue weighted by Crippen LogP contribution is -2.03. The molecule has 0 spiro atoms. The van der Waals surface area contributed by atoms with Gasteiger partial charge in [-0.05, 0) is 70.7 Å². The van der Waals surface area contributed by atoms with Crippen LogP contribution in [0.3, 0.4) is 0 Å². The highest BCUT2D eigenvalue weighted by Gasteiger charge is 2.06. The van der Waals surface area contributed by atoms with Crippen LogP contribution in [0.1, 0.15) is 22.3 Å². The van der Waals surface area contributed by atoms with Gasteiger partial charge in [0.2, 0.25) is 0 Å². The second-order valence-corrected chi connectivity index (χ2v) is 5.54. The van der Waals surface area contributed by atoms with E-state index in [1.54, 1.807) is 12.1 Å². The Hall–Kier alpha value is -1.86. The van der Waals surface area contributed by atoms with E-state index in [1.807, 2.05) is 26.0 Å². The first kappa shape index (κ1) is 14.5. The van der Waals surface area contributed by atoms with Gasteiger partial charge in [0.15, 0.2) is 0 Å². The Balaban J connectivity index is 2.17. The molecule has 2 rings (SSSR count). The Morgan fingerprint density at radius 3 is 2.60 bits per heavy atom. The van der Waals surface area contributed by atoms with Crippen molar-refractivity contribution in [3.63, 3.8) is 0 Å². The summed E-state index contributed by atoms with van der Waals surface area (Å²) < 4.78 is 14.0. The molecule has 1 N–H and O–H groups in total. The largest absolute Gasteiger partial charge is 0.381 e. The van der Waals surface area contributed by atoms with E-state index in [4.69, 9.17) is 5.26 Å². The second kappa shape index (κ2) is 6.06. The number of rotatable bonds is 3. The maximum absolute atomic E-state index is 13.5. The minimum absolute atomic E-state index is 0.283. The molecule has 2 nitrogen and oxygen atoms in total. The molecule has 0 amide bonds. The van der Waals surface area contributed by atoms with Crippen LogP contribution in [0.2, 0.25) is 0 Å². The summed E-state index contributed by atoms with van der Waals surface area (Å²) in [5, 5.41) is 12.1. The van der Waals surface area contributed by atoms with E-state index in [-0.39, 0.29) is 5.82 Å². The Morgan fingerprint density at radius 1 is 1.20 bits per heavy atom. The highest BCUT2D eigenvalue weighted by Crippen LogP contribution is 2.24. The lowest BCUT2D eigenvalue weighted by molar-refractivity contribution is 0.621. The summed E-state index contributed by atoms with van der Waals surface area (Å²) in [6.07, 6.45) is 0. The van der Waals surface area contributed by atoms with E-state index in [0.717, 1.165) is 22.4 Å². The molecule has 2 aromatic carbocycles. The van der Waals surface area contributed by atoms with Crippen molar-refractivity contribution in [3.8, 4) is 6.07 Å². The van der Waals surface area contributed by atoms with E-state index >= 15 is 0 Å². The molecule has 0 aromatic heterocycles. The van der Waals surface area contributed by atoms with E-state index in [1.165, 1.54) is 6.07 Å². The summed E-state index contributed by atoms with van der Waals surface area (Å²) >= 11 is 3.17. The average molecular weight is 333 g/mol. The van der Waals surface area contributed by atoms with Crippen LogP contribution in [0.5, 0.6) is 0 Å². The maximum Gasteiger partial charge on any atom is 0.139 e. The van der Waals surface area contributed by atoms with Gasteiger partial charge in [0.1, 0.15) is 5.82 Å². The predicted octanol–water partition coefficient (Wildman–Crippen LogP) is 4.69. The predicted molar refractivity (Wildman–Crippen MR) is 82.1 cm³/mol. The van der Waals surface area contributed by atoms with Gasteiger partial charge in [0.05, 0.1) is 16.1 Å². The van der Waals surface area contributed by atoms with Gasteiger partial charge in [-0.15, -0.1) is 0 Å². The molecule has 0 radical (unpaired) electrons. The molecule has 0 fully saturated rings. The van der Waals surface area contributed by atoms with Gasteiger partial charge in [0, 0.05) is 12.2 Å². The van der Waals surface area contributed by atoms with Crippen LogP contribution < -0.4 is 5.32 Å². The van der Waals surface area contributed by atoms with Crippen molar-refractivity contribution in [2.24, 2.45) is 0 Å². The van der Waals surface area contributed by atoms with E-state index in [0.29, 0.717) is 16.6 Å². The molecule has 102 valence electrons. The number of anilines is 1. The fraction of sp³-hybridized carbons (Fsp3) is 0.188. The molecule has 0 aliphatic rings. The normalized spacial score (nSPS) is 10.2. The van der Waals surface area contributed by atoms with Crippen molar-refractivity contribution in [1.29, 1.82) is 5.26 Å². The fourth-order valence-electron chi connectivity index (χ4n) is 1.99. The summed E-state index contributed by atoms with van der Waals surface area (Å²) in [7, 11) is 0. The standard InChI is InChI=1S/C16H14BrFN2/c1-10-5-12(8-19)3-4-13(10)9-20-16-7-15(18)14(17)6-11(16)2/h3-7,20H,9H2,1-2H3. The highest BCUT2D eigenvalue weighted by atomic mass is 79.9. The first-order chi connectivity index (χ1) is 9.51. The van der Waals surface area contributed by atoms with Crippen molar-refractivity contribution in [3.05, 3.63) is 62.9 Å². The minimum atomic E-state index is -0.283. The molecule has 0 aliphatic carbocycles. The van der Waals surface area contributed by atoms with Crippen LogP contribution in [0.4, 0.5) is 10.1 Å². The van der Waals surface area contributed by atoms with E-state index < -0.39 is 0 Å². The zero-order chi connectivity index (χ0) is 14.7. The Labute approximate surface area is 126 Å². The Kier molecular flexibility index (Phi) is 4.41. The highest BCUT2D eigenvalue weighted by molar-refractivity contribution is 9.10. The topological polar surface area (TPSA) is 35.8 Å². The lowest BCUT2D eigenvalue weighted by atomic mass is 10.1. The zero-order valence-corrected chi connectivity index (χ0v) is 12.9. The first-order valence-electron chi connectivity index (χ1n) is 6.20. The molecule has 20 heavy (non-hydrogen) atoms. The van der Waals surface area contributed by atoms with Gasteiger partial charge in [0.25, 0.3) is 0 Å². The number of nitrogens with one attached hydrogen (secondary N) is 1. The van der Waals surface area contributed by atoms with Crippen molar-refractivity contribution in [2.75, 3.05) is 5.32 Å². The minimum Gasteiger partial charge on any atom is -0.381 e. The van der Waals surface area contributed by atoms with Crippen molar-refractivity contribution < 1.29 is 4.39 Å². The van der Waals surface area contributed by atoms with E-state index in [2.05, 4.69) is 27.3 Å². The van der Waals surface area contributed by atoms with Crippen molar-refractivity contribution in [1.82, 2.24) is 0 Å². The molecule has 0 atom stereocenters. The molecule has 4 heteroatoms. The molecule has 0 bridgehead atoms. The SMILES string of the molecule is Cc1cc(C#N)ccc1CNc1cc(F)c(Br)cc1C. The van der Waals surface area contributed by atoms with Crippen LogP contribution >= 0.6 is 15.9 Å². The molecular weight excluding hydrogens is 319 g/mol. The lowest BCUT2D eigenvalue weighted by Gasteiger charge is -2.12. The molecule has 0 aliphatic heterocycles. The van der Waals surface area contributed by atoms with Crippen LogP contribution in [0.25, 0.3) is 0 Å². The Bertz CT molecular complexity index is 690. The van der Waals surface area contributed by atoms with Crippen LogP contribution in [0, 0.1) is 31.0 Å². The van der Waals surface area contributed by atoms with Gasteiger partial charge in [-0.3, -0.25) is 0 Å². The zero-order valence-electron chi connectivity index (χ0n) is 11.3. The monoisotopic (exact) mass is 332 g/mol. The number of benzene rings is 2. The molecular formula is C16H14BrFN2. The molecule has 0 unspecified atom stereocenters. The first-order valence-corrected chi connectivity index (χ1v) is 6.99. The van der Waals surface area contributed by atoms with Crippen molar-refractivity contribution in [2.45, 2.75) is 20.4 Å². The average Bonchev–Trinajstić information content (AvgIpc) is 2.42. The smallest absolute Gasteiger partial charge is 0.139 e. The quantitative estimate of drug-likeness (QED) is 0.885. The number of halogens is 2. The molecule has 2 aromatic rings. The maximum atomic E-state index is 13.5. The van der Waals surface area contributed by atoms with Gasteiger partial charge < -0.3 is 5.32 Å². The molecule has 0 heterocycles. The molecule has 0 saturated carbocycles. The summed E-state index contributed by atoms with van der Waals surface area (Å²) in [5.41, 5.74) is 4.54. The fourth-order valence-corrected chi connectivity index (χ4v) is 2.45. The van der Waals surface area contributed by atoms with Crippen LogP contribution in [-0.2, 0) is 6.54 Å². The third kappa shape index (κ3) is 3.17.